The van der Waals surface area contributed by atoms with Gasteiger partial charge in [-0.3, -0.25) is 9.36 Å². The third-order valence-corrected chi connectivity index (χ3v) is 5.89. The summed E-state index contributed by atoms with van der Waals surface area (Å²) in [7, 11) is 1.51. The number of hydrogen-bond donors (Lipinski definition) is 1. The lowest BCUT2D eigenvalue weighted by Gasteiger charge is -2.21. The van der Waals surface area contributed by atoms with Crippen molar-refractivity contribution in [3.63, 3.8) is 0 Å². The Balaban J connectivity index is 1.73. The van der Waals surface area contributed by atoms with E-state index in [1.165, 1.54) is 7.11 Å². The summed E-state index contributed by atoms with van der Waals surface area (Å²) in [5.74, 6) is 1.93. The van der Waals surface area contributed by atoms with Gasteiger partial charge in [-0.05, 0) is 44.5 Å². The Bertz CT molecular complexity index is 1600. The van der Waals surface area contributed by atoms with E-state index in [9.17, 15) is 4.79 Å². The minimum Gasteiger partial charge on any atom is -0.467 e. The predicted molar refractivity (Wildman–Crippen MR) is 138 cm³/mol. The van der Waals surface area contributed by atoms with Crippen molar-refractivity contribution in [1.29, 1.82) is 0 Å². The van der Waals surface area contributed by atoms with E-state index in [2.05, 4.69) is 25.3 Å². The molecule has 0 aliphatic heterocycles. The van der Waals surface area contributed by atoms with E-state index in [1.54, 1.807) is 23.2 Å². The van der Waals surface area contributed by atoms with Crippen LogP contribution in [0.4, 0.5) is 5.82 Å². The molecule has 0 saturated heterocycles. The number of aromatic nitrogens is 6. The molecule has 0 spiro atoms. The Morgan fingerprint density at radius 2 is 1.67 bits per heavy atom. The number of nitrogens with zero attached hydrogens (tertiary/aromatic N) is 6. The van der Waals surface area contributed by atoms with Crippen LogP contribution in [-0.2, 0) is 0 Å². The molecule has 5 aromatic rings. The van der Waals surface area contributed by atoms with Gasteiger partial charge in [0.25, 0.3) is 5.56 Å². The smallest absolute Gasteiger partial charge is 0.316 e. The molecule has 0 fully saturated rings. The van der Waals surface area contributed by atoms with Crippen molar-refractivity contribution in [2.75, 3.05) is 12.4 Å². The van der Waals surface area contributed by atoms with Gasteiger partial charge in [-0.25, -0.2) is 24.9 Å². The third-order valence-electron chi connectivity index (χ3n) is 5.89. The van der Waals surface area contributed by atoms with E-state index in [0.717, 1.165) is 11.3 Å². The number of hydrogen-bond acceptors (Lipinski definition) is 8. The minimum absolute atomic E-state index is 0.183. The van der Waals surface area contributed by atoms with Crippen molar-refractivity contribution in [2.24, 2.45) is 0 Å². The molecule has 0 saturated carbocycles. The first-order chi connectivity index (χ1) is 17.5. The molecule has 0 aliphatic carbocycles. The first-order valence-electron chi connectivity index (χ1n) is 11.5. The number of rotatable bonds is 6. The average molecular weight is 480 g/mol. The largest absolute Gasteiger partial charge is 0.467 e. The number of benzene rings is 2. The fourth-order valence-corrected chi connectivity index (χ4v) is 4.11. The molecule has 36 heavy (non-hydrogen) atoms. The van der Waals surface area contributed by atoms with Crippen LogP contribution in [0.2, 0.25) is 0 Å². The van der Waals surface area contributed by atoms with E-state index in [0.29, 0.717) is 39.5 Å². The molecule has 5 rings (SSSR count). The minimum atomic E-state index is -0.330. The Morgan fingerprint density at radius 3 is 2.39 bits per heavy atom. The number of anilines is 1. The highest BCUT2D eigenvalue weighted by atomic mass is 16.5. The van der Waals surface area contributed by atoms with E-state index >= 15 is 0 Å². The first-order valence-corrected chi connectivity index (χ1v) is 11.5. The molecule has 0 amide bonds. The molecule has 0 aliphatic rings. The van der Waals surface area contributed by atoms with Crippen molar-refractivity contribution in [3.8, 4) is 22.8 Å². The maximum atomic E-state index is 14.1. The second-order valence-electron chi connectivity index (χ2n) is 8.42. The van der Waals surface area contributed by atoms with Gasteiger partial charge in [0.1, 0.15) is 17.5 Å². The summed E-state index contributed by atoms with van der Waals surface area (Å²) in [6.45, 7) is 5.74. The maximum absolute atomic E-state index is 14.1. The Hall–Kier alpha value is -4.66. The lowest BCUT2D eigenvalue weighted by atomic mass is 10.0. The van der Waals surface area contributed by atoms with Gasteiger partial charge in [0, 0.05) is 29.7 Å². The van der Waals surface area contributed by atoms with Gasteiger partial charge < -0.3 is 10.1 Å². The molecule has 0 bridgehead atoms. The zero-order chi connectivity index (χ0) is 25.2. The van der Waals surface area contributed by atoms with E-state index < -0.39 is 0 Å². The molecular formula is C27H25N7O2. The number of para-hydroxylation sites is 1. The van der Waals surface area contributed by atoms with Crippen LogP contribution in [0, 0.1) is 13.8 Å². The van der Waals surface area contributed by atoms with Gasteiger partial charge in [-0.1, -0.05) is 30.3 Å². The highest BCUT2D eigenvalue weighted by Gasteiger charge is 2.21. The quantitative estimate of drug-likeness (QED) is 0.381. The standard InChI is InChI=1S/C27H25N7O2/c1-16-13-28-18(3)32-24(16)31-17(2)25-33-22-12-8-11-21(19-14-29-27(36-4)30-15-19)23(22)26(35)34(25)20-9-6-5-7-10-20/h5-15,17H,1-4H3,(H,28,31,32)/t17-/m1/s1. The Morgan fingerprint density at radius 1 is 0.917 bits per heavy atom. The lowest BCUT2D eigenvalue weighted by Crippen LogP contribution is -2.28. The Kier molecular flexibility index (Phi) is 6.12. The number of methoxy groups -OCH3 is 1. The zero-order valence-corrected chi connectivity index (χ0v) is 20.4. The predicted octanol–water partition coefficient (Wildman–Crippen LogP) is 4.43. The van der Waals surface area contributed by atoms with Crippen molar-refractivity contribution >= 4 is 16.7 Å². The highest BCUT2D eigenvalue weighted by molar-refractivity contribution is 5.94. The summed E-state index contributed by atoms with van der Waals surface area (Å²) < 4.78 is 6.73. The molecule has 1 atom stereocenters. The van der Waals surface area contributed by atoms with E-state index in [-0.39, 0.29) is 17.6 Å². The van der Waals surface area contributed by atoms with Gasteiger partial charge in [-0.15, -0.1) is 0 Å². The monoisotopic (exact) mass is 479 g/mol. The number of aryl methyl sites for hydroxylation is 2. The van der Waals surface area contributed by atoms with Crippen molar-refractivity contribution in [2.45, 2.75) is 26.8 Å². The maximum Gasteiger partial charge on any atom is 0.316 e. The molecule has 180 valence electrons. The van der Waals surface area contributed by atoms with Gasteiger partial charge >= 0.3 is 6.01 Å². The highest BCUT2D eigenvalue weighted by Crippen LogP contribution is 2.28. The van der Waals surface area contributed by atoms with Crippen molar-refractivity contribution in [1.82, 2.24) is 29.5 Å². The molecule has 9 heteroatoms. The number of nitrogens with one attached hydrogen (secondary N) is 1. The fraction of sp³-hybridized carbons (Fsp3) is 0.185. The van der Waals surface area contributed by atoms with Crippen LogP contribution in [0.15, 0.2) is 71.9 Å². The van der Waals surface area contributed by atoms with Crippen molar-refractivity contribution in [3.05, 3.63) is 94.7 Å². The lowest BCUT2D eigenvalue weighted by molar-refractivity contribution is 0.380. The topological polar surface area (TPSA) is 108 Å². The fourth-order valence-electron chi connectivity index (χ4n) is 4.11. The summed E-state index contributed by atoms with van der Waals surface area (Å²) in [6.07, 6.45) is 5.06. The van der Waals surface area contributed by atoms with Crippen LogP contribution in [0.3, 0.4) is 0 Å². The SMILES string of the molecule is COc1ncc(-c2cccc3nc([C@@H](C)Nc4nc(C)ncc4C)n(-c4ccccc4)c(=O)c23)cn1. The summed E-state index contributed by atoms with van der Waals surface area (Å²) >= 11 is 0. The van der Waals surface area contributed by atoms with Crippen LogP contribution < -0.4 is 15.6 Å². The third kappa shape index (κ3) is 4.26. The second kappa shape index (κ2) is 9.53. The summed E-state index contributed by atoms with van der Waals surface area (Å²) in [6, 6.07) is 15.0. The van der Waals surface area contributed by atoms with Crippen LogP contribution in [0.25, 0.3) is 27.7 Å². The first kappa shape index (κ1) is 23.1. The van der Waals surface area contributed by atoms with Crippen LogP contribution in [-0.4, -0.2) is 36.6 Å². The zero-order valence-electron chi connectivity index (χ0n) is 20.4. The molecule has 9 nitrogen and oxygen atoms in total. The van der Waals surface area contributed by atoms with Gasteiger partial charge in [0.05, 0.1) is 29.7 Å². The number of fused-ring (bicyclic) bond motifs is 1. The van der Waals surface area contributed by atoms with Crippen molar-refractivity contribution < 1.29 is 4.74 Å². The summed E-state index contributed by atoms with van der Waals surface area (Å²) in [4.78, 5) is 36.3. The van der Waals surface area contributed by atoms with Crippen LogP contribution >= 0.6 is 0 Å². The summed E-state index contributed by atoms with van der Waals surface area (Å²) in [5.41, 5.74) is 3.43. The van der Waals surface area contributed by atoms with E-state index in [1.807, 2.05) is 69.3 Å². The van der Waals surface area contributed by atoms with Crippen LogP contribution in [0.1, 0.15) is 30.2 Å². The molecule has 1 N–H and O–H groups in total. The van der Waals surface area contributed by atoms with E-state index in [4.69, 9.17) is 9.72 Å². The molecule has 0 unspecified atom stereocenters. The summed E-state index contributed by atoms with van der Waals surface area (Å²) in [5, 5.41) is 3.91. The average Bonchev–Trinajstić information content (AvgIpc) is 2.90. The van der Waals surface area contributed by atoms with Gasteiger partial charge in [0.2, 0.25) is 0 Å². The molecule has 2 aromatic carbocycles. The molecular weight excluding hydrogens is 454 g/mol. The molecule has 0 radical (unpaired) electrons. The normalized spacial score (nSPS) is 11.9. The van der Waals surface area contributed by atoms with Gasteiger partial charge in [0.15, 0.2) is 0 Å². The molecule has 3 heterocycles. The second-order valence-corrected chi connectivity index (χ2v) is 8.42. The van der Waals surface area contributed by atoms with Gasteiger partial charge in [-0.2, -0.15) is 0 Å². The number of ether oxygens (including phenoxy) is 1. The molecule has 3 aromatic heterocycles. The Labute approximate surface area is 207 Å². The van der Waals surface area contributed by atoms with Crippen LogP contribution in [0.5, 0.6) is 6.01 Å².